The quantitative estimate of drug-likeness (QED) is 0.879. The lowest BCUT2D eigenvalue weighted by Crippen LogP contribution is -1.88. The maximum atomic E-state index is 13.7. The van der Waals surface area contributed by atoms with Crippen LogP contribution in [0.5, 0.6) is 11.5 Å². The van der Waals surface area contributed by atoms with Gasteiger partial charge in [0.15, 0.2) is 0 Å². The van der Waals surface area contributed by atoms with E-state index in [9.17, 15) is 4.39 Å². The summed E-state index contributed by atoms with van der Waals surface area (Å²) in [5.74, 6) is -0.0534. The average molecular weight is 253 g/mol. The number of hydrogen-bond acceptors (Lipinski definition) is 2. The standard InChI is InChI=1S/C13H10ClFO2/c1-17-9-3-5-12(14)11(7-9)10-4-2-8(16)6-13(10)15/h2-7,16H,1H3. The highest BCUT2D eigenvalue weighted by molar-refractivity contribution is 6.33. The molecule has 2 aromatic rings. The third kappa shape index (κ3) is 2.34. The third-order valence-electron chi connectivity index (χ3n) is 2.42. The number of ether oxygens (including phenoxy) is 1. The number of rotatable bonds is 2. The van der Waals surface area contributed by atoms with Crippen LogP contribution < -0.4 is 4.74 Å². The van der Waals surface area contributed by atoms with Gasteiger partial charge in [0.05, 0.1) is 7.11 Å². The van der Waals surface area contributed by atoms with Gasteiger partial charge in [0.2, 0.25) is 0 Å². The van der Waals surface area contributed by atoms with Crippen LogP contribution in [-0.2, 0) is 0 Å². The molecule has 2 rings (SSSR count). The van der Waals surface area contributed by atoms with Gasteiger partial charge in [-0.2, -0.15) is 0 Å². The van der Waals surface area contributed by atoms with Crippen molar-refractivity contribution in [2.75, 3.05) is 7.11 Å². The molecule has 0 aliphatic carbocycles. The highest BCUT2D eigenvalue weighted by Gasteiger charge is 2.10. The van der Waals surface area contributed by atoms with E-state index in [2.05, 4.69) is 0 Å². The molecule has 0 saturated carbocycles. The SMILES string of the molecule is COc1ccc(Cl)c(-c2ccc(O)cc2F)c1. The van der Waals surface area contributed by atoms with Gasteiger partial charge in [-0.1, -0.05) is 11.6 Å². The number of phenols is 1. The molecule has 0 saturated heterocycles. The fourth-order valence-electron chi connectivity index (χ4n) is 1.56. The normalized spacial score (nSPS) is 10.3. The Morgan fingerprint density at radius 1 is 1.12 bits per heavy atom. The Kier molecular flexibility index (Phi) is 3.20. The van der Waals surface area contributed by atoms with Crippen LogP contribution in [0.25, 0.3) is 11.1 Å². The minimum atomic E-state index is -0.528. The summed E-state index contributed by atoms with van der Waals surface area (Å²) in [6, 6.07) is 8.93. The predicted octanol–water partition coefficient (Wildman–Crippen LogP) is 3.86. The zero-order valence-corrected chi connectivity index (χ0v) is 9.83. The van der Waals surface area contributed by atoms with E-state index in [4.69, 9.17) is 21.4 Å². The first-order valence-corrected chi connectivity index (χ1v) is 5.32. The summed E-state index contributed by atoms with van der Waals surface area (Å²) in [6.07, 6.45) is 0. The predicted molar refractivity (Wildman–Crippen MR) is 65.1 cm³/mol. The summed E-state index contributed by atoms with van der Waals surface area (Å²) in [5, 5.41) is 9.58. The van der Waals surface area contributed by atoms with Crippen molar-refractivity contribution in [3.63, 3.8) is 0 Å². The van der Waals surface area contributed by atoms with Crippen LogP contribution >= 0.6 is 11.6 Å². The lowest BCUT2D eigenvalue weighted by atomic mass is 10.0. The molecule has 0 unspecified atom stereocenters. The van der Waals surface area contributed by atoms with E-state index in [1.807, 2.05) is 0 Å². The van der Waals surface area contributed by atoms with Crippen LogP contribution in [-0.4, -0.2) is 12.2 Å². The first kappa shape index (κ1) is 11.7. The fourth-order valence-corrected chi connectivity index (χ4v) is 1.78. The maximum absolute atomic E-state index is 13.7. The smallest absolute Gasteiger partial charge is 0.134 e. The Bertz CT molecular complexity index is 555. The van der Waals surface area contributed by atoms with Gasteiger partial charge in [0.1, 0.15) is 17.3 Å². The lowest BCUT2D eigenvalue weighted by molar-refractivity contribution is 0.415. The number of methoxy groups -OCH3 is 1. The Labute approximate surface area is 103 Å². The molecule has 0 spiro atoms. The van der Waals surface area contributed by atoms with Gasteiger partial charge in [-0.25, -0.2) is 4.39 Å². The molecule has 0 heterocycles. The average Bonchev–Trinajstić information content (AvgIpc) is 2.30. The van der Waals surface area contributed by atoms with Crippen molar-refractivity contribution in [2.24, 2.45) is 0 Å². The van der Waals surface area contributed by atoms with Crippen LogP contribution in [0.15, 0.2) is 36.4 Å². The highest BCUT2D eigenvalue weighted by atomic mass is 35.5. The lowest BCUT2D eigenvalue weighted by Gasteiger charge is -2.08. The second kappa shape index (κ2) is 4.63. The summed E-state index contributed by atoms with van der Waals surface area (Å²) < 4.78 is 18.8. The van der Waals surface area contributed by atoms with Gasteiger partial charge in [0, 0.05) is 22.2 Å². The minimum absolute atomic E-state index is 0.120. The Balaban J connectivity index is 2.59. The van der Waals surface area contributed by atoms with Crippen molar-refractivity contribution in [1.29, 1.82) is 0 Å². The number of halogens is 2. The maximum Gasteiger partial charge on any atom is 0.134 e. The van der Waals surface area contributed by atoms with Crippen LogP contribution in [0.4, 0.5) is 4.39 Å². The summed E-state index contributed by atoms with van der Waals surface area (Å²) >= 11 is 6.01. The molecule has 0 aliphatic rings. The number of hydrogen-bond donors (Lipinski definition) is 1. The monoisotopic (exact) mass is 252 g/mol. The molecule has 88 valence electrons. The zero-order valence-electron chi connectivity index (χ0n) is 9.08. The van der Waals surface area contributed by atoms with Gasteiger partial charge in [0.25, 0.3) is 0 Å². The largest absolute Gasteiger partial charge is 0.508 e. The first-order chi connectivity index (χ1) is 8.11. The van der Waals surface area contributed by atoms with E-state index >= 15 is 0 Å². The second-order valence-electron chi connectivity index (χ2n) is 3.51. The summed E-state index contributed by atoms with van der Waals surface area (Å²) in [5.41, 5.74) is 0.857. The second-order valence-corrected chi connectivity index (χ2v) is 3.92. The van der Waals surface area contributed by atoms with E-state index < -0.39 is 5.82 Å². The van der Waals surface area contributed by atoms with E-state index in [1.54, 1.807) is 18.2 Å². The van der Waals surface area contributed by atoms with E-state index in [-0.39, 0.29) is 5.75 Å². The molecule has 17 heavy (non-hydrogen) atoms. The van der Waals surface area contributed by atoms with Gasteiger partial charge < -0.3 is 9.84 Å². The molecular weight excluding hydrogens is 243 g/mol. The Morgan fingerprint density at radius 3 is 2.53 bits per heavy atom. The van der Waals surface area contributed by atoms with Crippen LogP contribution in [0.1, 0.15) is 0 Å². The topological polar surface area (TPSA) is 29.5 Å². The molecule has 2 nitrogen and oxygen atoms in total. The molecular formula is C13H10ClFO2. The van der Waals surface area contributed by atoms with E-state index in [0.717, 1.165) is 6.07 Å². The van der Waals surface area contributed by atoms with Crippen LogP contribution in [0, 0.1) is 5.82 Å². The molecule has 0 atom stereocenters. The van der Waals surface area contributed by atoms with Crippen molar-refractivity contribution in [3.8, 4) is 22.6 Å². The Hall–Kier alpha value is -1.74. The van der Waals surface area contributed by atoms with Crippen molar-refractivity contribution >= 4 is 11.6 Å². The molecule has 2 aromatic carbocycles. The molecule has 0 bridgehead atoms. The fraction of sp³-hybridized carbons (Fsp3) is 0.0769. The number of benzene rings is 2. The van der Waals surface area contributed by atoms with Gasteiger partial charge in [-0.3, -0.25) is 0 Å². The molecule has 0 aliphatic heterocycles. The number of phenolic OH excluding ortho intramolecular Hbond substituents is 1. The van der Waals surface area contributed by atoms with Crippen LogP contribution in [0.3, 0.4) is 0 Å². The van der Waals surface area contributed by atoms with E-state index in [0.29, 0.717) is 21.9 Å². The number of aromatic hydroxyl groups is 1. The molecule has 0 amide bonds. The minimum Gasteiger partial charge on any atom is -0.508 e. The molecule has 1 N–H and O–H groups in total. The van der Waals surface area contributed by atoms with Crippen molar-refractivity contribution in [3.05, 3.63) is 47.2 Å². The van der Waals surface area contributed by atoms with Gasteiger partial charge >= 0.3 is 0 Å². The summed E-state index contributed by atoms with van der Waals surface area (Å²) in [7, 11) is 1.53. The van der Waals surface area contributed by atoms with Crippen molar-refractivity contribution in [1.82, 2.24) is 0 Å². The zero-order chi connectivity index (χ0) is 12.4. The molecule has 0 fully saturated rings. The molecule has 0 radical (unpaired) electrons. The van der Waals surface area contributed by atoms with Crippen molar-refractivity contribution < 1.29 is 14.2 Å². The summed E-state index contributed by atoms with van der Waals surface area (Å²) in [4.78, 5) is 0. The molecule has 4 heteroatoms. The highest BCUT2D eigenvalue weighted by Crippen LogP contribution is 2.34. The third-order valence-corrected chi connectivity index (χ3v) is 2.75. The molecule has 0 aromatic heterocycles. The van der Waals surface area contributed by atoms with Gasteiger partial charge in [-0.15, -0.1) is 0 Å². The summed E-state index contributed by atoms with van der Waals surface area (Å²) in [6.45, 7) is 0. The van der Waals surface area contributed by atoms with E-state index in [1.165, 1.54) is 19.2 Å². The van der Waals surface area contributed by atoms with Crippen molar-refractivity contribution in [2.45, 2.75) is 0 Å². The first-order valence-electron chi connectivity index (χ1n) is 4.94. The van der Waals surface area contributed by atoms with Crippen LogP contribution in [0.2, 0.25) is 5.02 Å². The van der Waals surface area contributed by atoms with Gasteiger partial charge in [-0.05, 0) is 30.3 Å². The Morgan fingerprint density at radius 2 is 1.88 bits per heavy atom.